The van der Waals surface area contributed by atoms with Gasteiger partial charge in [0.05, 0.1) is 23.1 Å². The first-order chi connectivity index (χ1) is 14.7. The van der Waals surface area contributed by atoms with Crippen molar-refractivity contribution in [2.24, 2.45) is 0 Å². The number of rotatable bonds is 6. The zero-order valence-corrected chi connectivity index (χ0v) is 18.5. The van der Waals surface area contributed by atoms with Crippen molar-refractivity contribution >= 4 is 32.0 Å². The molecule has 1 amide bonds. The standard InChI is InChI=1S/C22H20FN3O3S2/c1-14(15-5-9-19(10-6-15)31(2,28)29)24-21(27)11-18-13-30-22-25-20(12-26(18)22)16-3-7-17(23)8-4-16/h3-10,12-14H,11H2,1-2H3,(H,24,27). The summed E-state index contributed by atoms with van der Waals surface area (Å²) in [4.78, 5) is 18.2. The molecule has 9 heteroatoms. The summed E-state index contributed by atoms with van der Waals surface area (Å²) in [5, 5.41) is 4.83. The summed E-state index contributed by atoms with van der Waals surface area (Å²) >= 11 is 1.43. The van der Waals surface area contributed by atoms with Crippen molar-refractivity contribution in [3.8, 4) is 11.3 Å². The first-order valence-electron chi connectivity index (χ1n) is 9.51. The van der Waals surface area contributed by atoms with E-state index in [-0.39, 0.29) is 29.1 Å². The highest BCUT2D eigenvalue weighted by molar-refractivity contribution is 7.90. The number of nitrogens with zero attached hydrogens (tertiary/aromatic N) is 2. The van der Waals surface area contributed by atoms with Crippen LogP contribution in [-0.2, 0) is 21.1 Å². The highest BCUT2D eigenvalue weighted by Crippen LogP contribution is 2.24. The van der Waals surface area contributed by atoms with Crippen molar-refractivity contribution in [2.75, 3.05) is 6.26 Å². The van der Waals surface area contributed by atoms with E-state index in [4.69, 9.17) is 0 Å². The number of sulfone groups is 1. The molecule has 0 saturated heterocycles. The Morgan fingerprint density at radius 3 is 2.48 bits per heavy atom. The number of thiazole rings is 1. The normalized spacial score (nSPS) is 12.7. The quantitative estimate of drug-likeness (QED) is 0.474. The smallest absolute Gasteiger partial charge is 0.226 e. The number of hydrogen-bond acceptors (Lipinski definition) is 5. The van der Waals surface area contributed by atoms with Gasteiger partial charge in [0, 0.05) is 29.1 Å². The van der Waals surface area contributed by atoms with Crippen molar-refractivity contribution in [3.63, 3.8) is 0 Å². The summed E-state index contributed by atoms with van der Waals surface area (Å²) in [5.41, 5.74) is 3.14. The molecule has 2 aromatic heterocycles. The van der Waals surface area contributed by atoms with E-state index in [0.717, 1.165) is 28.0 Å². The van der Waals surface area contributed by atoms with E-state index in [1.807, 2.05) is 22.9 Å². The number of amides is 1. The Morgan fingerprint density at radius 1 is 1.16 bits per heavy atom. The minimum Gasteiger partial charge on any atom is -0.349 e. The lowest BCUT2D eigenvalue weighted by Gasteiger charge is -2.14. The van der Waals surface area contributed by atoms with Gasteiger partial charge in [-0.3, -0.25) is 9.20 Å². The number of halogens is 1. The molecule has 31 heavy (non-hydrogen) atoms. The molecule has 1 atom stereocenters. The maximum atomic E-state index is 13.2. The van der Waals surface area contributed by atoms with Gasteiger partial charge in [0.2, 0.25) is 5.91 Å². The van der Waals surface area contributed by atoms with Crippen molar-refractivity contribution in [2.45, 2.75) is 24.3 Å². The minimum absolute atomic E-state index is 0.156. The summed E-state index contributed by atoms with van der Waals surface area (Å²) in [6, 6.07) is 12.3. The van der Waals surface area contributed by atoms with Crippen LogP contribution in [0.4, 0.5) is 4.39 Å². The summed E-state index contributed by atoms with van der Waals surface area (Å²) in [6.45, 7) is 1.85. The SMILES string of the molecule is CC(NC(=O)Cc1csc2nc(-c3ccc(F)cc3)cn12)c1ccc(S(C)(=O)=O)cc1. The summed E-state index contributed by atoms with van der Waals surface area (Å²) in [5.74, 6) is -0.460. The minimum atomic E-state index is -3.26. The van der Waals surface area contributed by atoms with Gasteiger partial charge in [-0.15, -0.1) is 11.3 Å². The molecule has 4 aromatic rings. The maximum Gasteiger partial charge on any atom is 0.226 e. The van der Waals surface area contributed by atoms with Gasteiger partial charge in [-0.2, -0.15) is 0 Å². The molecule has 0 aliphatic rings. The lowest BCUT2D eigenvalue weighted by Crippen LogP contribution is -2.28. The third-order valence-corrected chi connectivity index (χ3v) is 6.97. The Labute approximate surface area is 183 Å². The molecule has 2 aromatic carbocycles. The molecule has 0 fully saturated rings. The van der Waals surface area contributed by atoms with Crippen molar-refractivity contribution in [3.05, 3.63) is 77.2 Å². The Balaban J connectivity index is 1.46. The van der Waals surface area contributed by atoms with E-state index < -0.39 is 9.84 Å². The maximum absolute atomic E-state index is 13.2. The molecule has 0 radical (unpaired) electrons. The lowest BCUT2D eigenvalue weighted by atomic mass is 10.1. The van der Waals surface area contributed by atoms with Crippen LogP contribution < -0.4 is 5.32 Å². The molecule has 0 spiro atoms. The summed E-state index contributed by atoms with van der Waals surface area (Å²) < 4.78 is 38.2. The monoisotopic (exact) mass is 457 g/mol. The largest absolute Gasteiger partial charge is 0.349 e. The van der Waals surface area contributed by atoms with Crippen LogP contribution in [0.3, 0.4) is 0 Å². The molecule has 0 saturated carbocycles. The van der Waals surface area contributed by atoms with Crippen LogP contribution in [0.15, 0.2) is 65.0 Å². The second kappa shape index (κ2) is 8.24. The molecule has 6 nitrogen and oxygen atoms in total. The highest BCUT2D eigenvalue weighted by Gasteiger charge is 2.15. The third-order valence-electron chi connectivity index (χ3n) is 4.95. The third kappa shape index (κ3) is 4.67. The molecule has 0 bridgehead atoms. The van der Waals surface area contributed by atoms with Gasteiger partial charge in [-0.1, -0.05) is 12.1 Å². The van der Waals surface area contributed by atoms with Crippen LogP contribution in [-0.4, -0.2) is 30.0 Å². The molecular weight excluding hydrogens is 437 g/mol. The molecule has 1 unspecified atom stereocenters. The van der Waals surface area contributed by atoms with Crippen LogP contribution in [0.2, 0.25) is 0 Å². The van der Waals surface area contributed by atoms with Gasteiger partial charge in [0.15, 0.2) is 14.8 Å². The van der Waals surface area contributed by atoms with Gasteiger partial charge in [-0.05, 0) is 48.9 Å². The number of aromatic nitrogens is 2. The zero-order valence-electron chi connectivity index (χ0n) is 16.9. The fraction of sp³-hybridized carbons (Fsp3) is 0.182. The van der Waals surface area contributed by atoms with Crippen molar-refractivity contribution < 1.29 is 17.6 Å². The van der Waals surface area contributed by atoms with Crippen LogP contribution in [0, 0.1) is 5.82 Å². The average Bonchev–Trinajstić information content (AvgIpc) is 3.30. The molecule has 160 valence electrons. The van der Waals surface area contributed by atoms with Gasteiger partial charge >= 0.3 is 0 Å². The number of carbonyl (C=O) groups is 1. The van der Waals surface area contributed by atoms with Gasteiger partial charge in [-0.25, -0.2) is 17.8 Å². The number of nitrogens with one attached hydrogen (secondary N) is 1. The van der Waals surface area contributed by atoms with E-state index in [1.165, 1.54) is 35.6 Å². The summed E-state index contributed by atoms with van der Waals surface area (Å²) in [6.07, 6.45) is 3.17. The number of carbonyl (C=O) groups excluding carboxylic acids is 1. The average molecular weight is 458 g/mol. The zero-order chi connectivity index (χ0) is 22.2. The first-order valence-corrected chi connectivity index (χ1v) is 12.3. The van der Waals surface area contributed by atoms with Gasteiger partial charge in [0.1, 0.15) is 5.82 Å². The second-order valence-electron chi connectivity index (χ2n) is 7.32. The highest BCUT2D eigenvalue weighted by atomic mass is 32.2. The molecule has 1 N–H and O–H groups in total. The number of imidazole rings is 1. The van der Waals surface area contributed by atoms with Crippen LogP contribution in [0.25, 0.3) is 16.2 Å². The van der Waals surface area contributed by atoms with E-state index in [0.29, 0.717) is 5.69 Å². The van der Waals surface area contributed by atoms with Crippen LogP contribution in [0.5, 0.6) is 0 Å². The van der Waals surface area contributed by atoms with E-state index in [2.05, 4.69) is 10.3 Å². The number of benzene rings is 2. The fourth-order valence-electron chi connectivity index (χ4n) is 3.26. The molecule has 4 rings (SSSR count). The van der Waals surface area contributed by atoms with E-state index >= 15 is 0 Å². The van der Waals surface area contributed by atoms with E-state index in [1.54, 1.807) is 24.3 Å². The van der Waals surface area contributed by atoms with Crippen LogP contribution in [0.1, 0.15) is 24.2 Å². The van der Waals surface area contributed by atoms with Gasteiger partial charge < -0.3 is 5.32 Å². The van der Waals surface area contributed by atoms with Crippen molar-refractivity contribution in [1.29, 1.82) is 0 Å². The Morgan fingerprint density at radius 2 is 1.84 bits per heavy atom. The van der Waals surface area contributed by atoms with E-state index in [9.17, 15) is 17.6 Å². The molecule has 0 aliphatic heterocycles. The second-order valence-corrected chi connectivity index (χ2v) is 10.2. The van der Waals surface area contributed by atoms with Gasteiger partial charge in [0.25, 0.3) is 0 Å². The fourth-order valence-corrected chi connectivity index (χ4v) is 4.76. The van der Waals surface area contributed by atoms with Crippen molar-refractivity contribution in [1.82, 2.24) is 14.7 Å². The molecule has 0 aliphatic carbocycles. The molecule has 2 heterocycles. The Kier molecular flexibility index (Phi) is 5.63. The number of hydrogen-bond donors (Lipinski definition) is 1. The van der Waals surface area contributed by atoms with Crippen LogP contribution >= 0.6 is 11.3 Å². The number of fused-ring (bicyclic) bond motifs is 1. The summed E-state index contributed by atoms with van der Waals surface area (Å²) in [7, 11) is -3.26. The lowest BCUT2D eigenvalue weighted by molar-refractivity contribution is -0.121. The predicted octanol–water partition coefficient (Wildman–Crippen LogP) is 4.03. The predicted molar refractivity (Wildman–Crippen MR) is 118 cm³/mol. The Hall–Kier alpha value is -3.04. The molecular formula is C22H20FN3O3S2. The Bertz CT molecular complexity index is 1340. The first kappa shape index (κ1) is 21.2. The topological polar surface area (TPSA) is 80.5 Å².